The Kier molecular flexibility index (Phi) is 10.9. The van der Waals surface area contributed by atoms with E-state index in [9.17, 15) is 19.8 Å². The summed E-state index contributed by atoms with van der Waals surface area (Å²) >= 11 is 0. The van der Waals surface area contributed by atoms with Crippen molar-refractivity contribution >= 4 is 17.4 Å². The van der Waals surface area contributed by atoms with Gasteiger partial charge in [-0.2, -0.15) is 0 Å². The number of likely N-dealkylation sites (tertiary alicyclic amines) is 2. The molecule has 3 N–H and O–H groups in total. The Labute approximate surface area is 292 Å². The van der Waals surface area contributed by atoms with Crippen molar-refractivity contribution in [2.24, 2.45) is 0 Å². The number of hydrogen-bond acceptors (Lipinski definition) is 10. The maximum atomic E-state index is 13.5. The molecule has 11 heteroatoms. The first kappa shape index (κ1) is 35.2. The third kappa shape index (κ3) is 7.87. The number of nitrogens with one attached hydrogen (secondary N) is 1. The quantitative estimate of drug-likeness (QED) is 0.183. The molecule has 262 valence electrons. The molecule has 2 aliphatic rings. The Hall–Kier alpha value is -4.68. The van der Waals surface area contributed by atoms with Gasteiger partial charge in [0, 0.05) is 87.0 Å². The molecule has 2 atom stereocenters. The molecule has 0 aliphatic carbocycles. The number of nitrogens with zero attached hydrogens (tertiary/aromatic N) is 4. The molecular formula is C39H45N5O6. The number of methoxy groups -OCH3 is 2. The third-order valence-corrected chi connectivity index (χ3v) is 9.80. The minimum Gasteiger partial charge on any atom is -0.496 e. The number of rotatable bonds is 12. The number of ketones is 1. The predicted molar refractivity (Wildman–Crippen MR) is 191 cm³/mol. The number of carbonyl (C=O) groups excluding carboxylic acids is 2. The average molecular weight is 680 g/mol. The number of hydrogen-bond donors (Lipinski definition) is 3. The summed E-state index contributed by atoms with van der Waals surface area (Å²) in [4.78, 5) is 40.1. The number of aliphatic hydroxyl groups excluding tert-OH is 2. The molecule has 0 unspecified atom stereocenters. The molecule has 1 amide bonds. The number of amides is 1. The average Bonchev–Trinajstić information content (AvgIpc) is 3.73. The monoisotopic (exact) mass is 679 g/mol. The summed E-state index contributed by atoms with van der Waals surface area (Å²) in [6, 6.07) is 15.0. The van der Waals surface area contributed by atoms with Crippen LogP contribution < -0.4 is 14.8 Å². The summed E-state index contributed by atoms with van der Waals surface area (Å²) < 4.78 is 11.2. The Morgan fingerprint density at radius 1 is 0.780 bits per heavy atom. The van der Waals surface area contributed by atoms with Gasteiger partial charge in [0.2, 0.25) is 0 Å². The van der Waals surface area contributed by atoms with Crippen LogP contribution in [0.1, 0.15) is 61.6 Å². The van der Waals surface area contributed by atoms with Crippen LogP contribution in [0.15, 0.2) is 60.9 Å². The fraction of sp³-hybridized carbons (Fsp3) is 0.385. The second-order valence-corrected chi connectivity index (χ2v) is 13.2. The first-order chi connectivity index (χ1) is 24.1. The molecule has 6 rings (SSSR count). The molecule has 4 heterocycles. The van der Waals surface area contributed by atoms with Gasteiger partial charge in [-0.05, 0) is 60.6 Å². The van der Waals surface area contributed by atoms with E-state index in [0.29, 0.717) is 49.1 Å². The predicted octanol–water partition coefficient (Wildman–Crippen LogP) is 4.59. The molecule has 0 radical (unpaired) electrons. The van der Waals surface area contributed by atoms with E-state index < -0.39 is 0 Å². The third-order valence-electron chi connectivity index (χ3n) is 9.80. The number of pyridine rings is 2. The lowest BCUT2D eigenvalue weighted by Gasteiger charge is -2.18. The summed E-state index contributed by atoms with van der Waals surface area (Å²) in [5.41, 5.74) is 7.62. The van der Waals surface area contributed by atoms with Crippen molar-refractivity contribution in [2.75, 3.05) is 45.7 Å². The van der Waals surface area contributed by atoms with Gasteiger partial charge in [-0.1, -0.05) is 30.3 Å². The number of carbonyl (C=O) groups is 2. The normalized spacial score (nSPS) is 18.0. The van der Waals surface area contributed by atoms with Crippen LogP contribution in [0.2, 0.25) is 0 Å². The van der Waals surface area contributed by atoms with Crippen molar-refractivity contribution in [3.63, 3.8) is 0 Å². The molecule has 2 aromatic carbocycles. The lowest BCUT2D eigenvalue weighted by atomic mass is 9.91. The SMILES string of the molecule is COc1cc(C(=O)Cc2cccc(-c3cccc(NC(=O)c4cc(OC)c(CN5CC[C@H](O)C5)cn4)c3C)c2C)ncc1CN1CC[C@H](O)C1. The van der Waals surface area contributed by atoms with Crippen molar-refractivity contribution in [3.05, 3.63) is 100 Å². The van der Waals surface area contributed by atoms with E-state index in [2.05, 4.69) is 25.1 Å². The summed E-state index contributed by atoms with van der Waals surface area (Å²) in [5.74, 6) is 0.717. The van der Waals surface area contributed by atoms with Crippen LogP contribution in [-0.2, 0) is 19.5 Å². The van der Waals surface area contributed by atoms with Crippen LogP contribution in [0.5, 0.6) is 11.5 Å². The van der Waals surface area contributed by atoms with Gasteiger partial charge in [0.15, 0.2) is 5.78 Å². The molecule has 11 nitrogen and oxygen atoms in total. The van der Waals surface area contributed by atoms with Crippen LogP contribution in [-0.4, -0.2) is 94.3 Å². The zero-order valence-electron chi connectivity index (χ0n) is 29.1. The molecule has 2 fully saturated rings. The lowest BCUT2D eigenvalue weighted by molar-refractivity contribution is 0.0985. The van der Waals surface area contributed by atoms with E-state index in [-0.39, 0.29) is 36.0 Å². The molecule has 0 saturated carbocycles. The van der Waals surface area contributed by atoms with Gasteiger partial charge >= 0.3 is 0 Å². The number of Topliss-reactive ketones (excluding diaryl/α,β-unsaturated/α-hetero) is 1. The molecule has 50 heavy (non-hydrogen) atoms. The fourth-order valence-corrected chi connectivity index (χ4v) is 6.90. The van der Waals surface area contributed by atoms with Gasteiger partial charge in [0.1, 0.15) is 22.9 Å². The van der Waals surface area contributed by atoms with Crippen LogP contribution in [0, 0.1) is 13.8 Å². The first-order valence-electron chi connectivity index (χ1n) is 17.0. The molecular weight excluding hydrogens is 634 g/mol. The zero-order chi connectivity index (χ0) is 35.4. The molecule has 2 aromatic heterocycles. The van der Waals surface area contributed by atoms with Gasteiger partial charge in [0.05, 0.1) is 26.4 Å². The minimum absolute atomic E-state index is 0.114. The summed E-state index contributed by atoms with van der Waals surface area (Å²) in [7, 11) is 3.16. The maximum Gasteiger partial charge on any atom is 0.274 e. The van der Waals surface area contributed by atoms with E-state index in [1.54, 1.807) is 38.7 Å². The standard InChI is InChI=1S/C39H45N5O6/c1-24-26(15-36(47)34-16-37(49-3)27(18-40-34)20-43-13-11-29(45)22-43)7-5-8-31(24)32-9-6-10-33(25(32)2)42-39(48)35-17-38(50-4)28(19-41-35)21-44-14-12-30(46)23-44/h5-10,16-19,29-30,45-46H,11-15,20-23H2,1-4H3,(H,42,48)/t29-,30-/m0/s1. The van der Waals surface area contributed by atoms with Crippen molar-refractivity contribution in [3.8, 4) is 22.6 Å². The van der Waals surface area contributed by atoms with E-state index in [4.69, 9.17) is 9.47 Å². The van der Waals surface area contributed by atoms with Crippen molar-refractivity contribution < 1.29 is 29.3 Å². The van der Waals surface area contributed by atoms with Crippen molar-refractivity contribution in [1.29, 1.82) is 0 Å². The van der Waals surface area contributed by atoms with Crippen LogP contribution in [0.4, 0.5) is 5.69 Å². The zero-order valence-corrected chi connectivity index (χ0v) is 29.1. The smallest absolute Gasteiger partial charge is 0.274 e. The Morgan fingerprint density at radius 3 is 1.88 bits per heavy atom. The van der Waals surface area contributed by atoms with Crippen molar-refractivity contribution in [2.45, 2.75) is 58.4 Å². The summed E-state index contributed by atoms with van der Waals surface area (Å²) in [6.45, 7) is 7.98. The number of anilines is 1. The van der Waals surface area contributed by atoms with Gasteiger partial charge in [-0.15, -0.1) is 0 Å². The molecule has 0 bridgehead atoms. The number of benzene rings is 2. The van der Waals surface area contributed by atoms with E-state index in [0.717, 1.165) is 64.9 Å². The molecule has 0 spiro atoms. The Balaban J connectivity index is 1.16. The van der Waals surface area contributed by atoms with Crippen LogP contribution in [0.25, 0.3) is 11.1 Å². The van der Waals surface area contributed by atoms with E-state index >= 15 is 0 Å². The van der Waals surface area contributed by atoms with Gasteiger partial charge in [-0.25, -0.2) is 0 Å². The lowest BCUT2D eigenvalue weighted by Crippen LogP contribution is -2.22. The summed E-state index contributed by atoms with van der Waals surface area (Å²) in [6.07, 6.45) is 4.39. The highest BCUT2D eigenvalue weighted by atomic mass is 16.5. The fourth-order valence-electron chi connectivity index (χ4n) is 6.90. The molecule has 2 aliphatic heterocycles. The highest BCUT2D eigenvalue weighted by Gasteiger charge is 2.24. The molecule has 4 aromatic rings. The number of aromatic nitrogens is 2. The summed E-state index contributed by atoms with van der Waals surface area (Å²) in [5, 5.41) is 22.8. The second-order valence-electron chi connectivity index (χ2n) is 13.2. The van der Waals surface area contributed by atoms with E-state index in [1.165, 1.54) is 0 Å². The van der Waals surface area contributed by atoms with Gasteiger partial charge in [0.25, 0.3) is 5.91 Å². The van der Waals surface area contributed by atoms with Gasteiger partial charge in [-0.3, -0.25) is 29.4 Å². The maximum absolute atomic E-state index is 13.5. The Morgan fingerprint density at radius 2 is 1.32 bits per heavy atom. The Bertz CT molecular complexity index is 1750. The van der Waals surface area contributed by atoms with Crippen LogP contribution >= 0.6 is 0 Å². The first-order valence-corrected chi connectivity index (χ1v) is 17.0. The van der Waals surface area contributed by atoms with Crippen molar-refractivity contribution in [1.82, 2.24) is 19.8 Å². The van der Waals surface area contributed by atoms with E-state index in [1.807, 2.05) is 50.2 Å². The minimum atomic E-state index is -0.352. The number of ether oxygens (including phenoxy) is 2. The highest BCUT2D eigenvalue weighted by molar-refractivity contribution is 6.04. The molecule has 2 saturated heterocycles. The topological polar surface area (TPSA) is 137 Å². The van der Waals surface area contributed by atoms with Gasteiger partial charge < -0.3 is 25.0 Å². The second kappa shape index (κ2) is 15.5. The van der Waals surface area contributed by atoms with Crippen LogP contribution in [0.3, 0.4) is 0 Å². The largest absolute Gasteiger partial charge is 0.496 e. The number of β-amino-alcohol motifs (C(OH)–C–C–N with tert-alkyl or cyclic N) is 2. The highest BCUT2D eigenvalue weighted by Crippen LogP contribution is 2.33. The number of aliphatic hydroxyl groups is 2.